The van der Waals surface area contributed by atoms with Crippen LogP contribution in [0.15, 0.2) is 12.2 Å². The van der Waals surface area contributed by atoms with Gasteiger partial charge >= 0.3 is 5.97 Å². The van der Waals surface area contributed by atoms with E-state index in [9.17, 15) is 35.1 Å². The molecule has 0 spiro atoms. The smallest absolute Gasteiger partial charge is 0.306 e. The molecule has 77 heavy (non-hydrogen) atoms. The van der Waals surface area contributed by atoms with Crippen molar-refractivity contribution in [1.29, 1.82) is 0 Å². The van der Waals surface area contributed by atoms with Crippen LogP contribution < -0.4 is 5.32 Å². The van der Waals surface area contributed by atoms with E-state index in [1.807, 2.05) is 6.08 Å². The largest absolute Gasteiger partial charge is 0.454 e. The molecular weight excluding hydrogens is 967 g/mol. The molecule has 6 N–H and O–H groups in total. The first kappa shape index (κ1) is 73.4. The number of carbonyl (C=O) groups excluding carboxylic acids is 2. The van der Waals surface area contributed by atoms with Gasteiger partial charge in [-0.25, -0.2) is 0 Å². The van der Waals surface area contributed by atoms with Crippen molar-refractivity contribution < 1.29 is 49.3 Å². The third-order valence-electron chi connectivity index (χ3n) is 16.2. The second kappa shape index (κ2) is 55.0. The lowest BCUT2D eigenvalue weighted by molar-refractivity contribution is -0.305. The number of allylic oxidation sites excluding steroid dienone is 1. The van der Waals surface area contributed by atoms with Gasteiger partial charge in [0.2, 0.25) is 5.91 Å². The highest BCUT2D eigenvalue weighted by atomic mass is 16.7. The van der Waals surface area contributed by atoms with Gasteiger partial charge < -0.3 is 45.1 Å². The lowest BCUT2D eigenvalue weighted by atomic mass is 9.99. The van der Waals surface area contributed by atoms with Gasteiger partial charge in [0.1, 0.15) is 24.4 Å². The summed E-state index contributed by atoms with van der Waals surface area (Å²) < 4.78 is 17.7. The van der Waals surface area contributed by atoms with Gasteiger partial charge in [-0.15, -0.1) is 0 Å². The molecule has 0 bridgehead atoms. The lowest BCUT2D eigenvalue weighted by Gasteiger charge is -2.41. The van der Waals surface area contributed by atoms with Gasteiger partial charge in [0.05, 0.1) is 25.4 Å². The number of aliphatic hydroxyl groups is 5. The van der Waals surface area contributed by atoms with Crippen LogP contribution in [0, 0.1) is 0 Å². The van der Waals surface area contributed by atoms with Gasteiger partial charge in [-0.2, -0.15) is 0 Å². The molecule has 456 valence electrons. The number of nitrogens with one attached hydrogen (secondary N) is 1. The standard InChI is InChI=1S/C66H127NO10/c1-4-7-10-13-16-19-22-25-27-29-30-31-33-36-39-42-45-48-51-54-61(71)77-64-63(73)62(72)60(55-68)76-66(64)75-56-57(58(69)52-49-46-43-40-37-34-24-21-18-15-12-9-6-3)67-65(74)59(70)53-50-47-44-41-38-35-32-28-26-23-20-17-14-11-8-5-2/h49,52,57-60,62-64,66,68-70,72-73H,4-48,50-51,53-56H2,1-3H3,(H,67,74)/b52-49+. The zero-order valence-electron chi connectivity index (χ0n) is 50.6. The molecule has 11 nitrogen and oxygen atoms in total. The van der Waals surface area contributed by atoms with E-state index in [4.69, 9.17) is 14.2 Å². The van der Waals surface area contributed by atoms with E-state index in [0.29, 0.717) is 19.3 Å². The molecule has 0 radical (unpaired) electrons. The molecule has 0 aromatic rings. The minimum Gasteiger partial charge on any atom is -0.454 e. The first-order valence-corrected chi connectivity index (χ1v) is 33.5. The highest BCUT2D eigenvalue weighted by Crippen LogP contribution is 2.26. The Bertz CT molecular complexity index is 1300. The van der Waals surface area contributed by atoms with Crippen LogP contribution in [0.25, 0.3) is 0 Å². The Balaban J connectivity index is 2.63. The molecule has 1 saturated heterocycles. The second-order valence-corrected chi connectivity index (χ2v) is 23.6. The van der Waals surface area contributed by atoms with E-state index in [1.54, 1.807) is 6.08 Å². The molecule has 8 unspecified atom stereocenters. The van der Waals surface area contributed by atoms with Gasteiger partial charge in [0.15, 0.2) is 12.4 Å². The molecule has 0 aliphatic carbocycles. The van der Waals surface area contributed by atoms with Gasteiger partial charge in [-0.3, -0.25) is 9.59 Å². The SMILES string of the molecule is CCCCCCCCCCCCC/C=C/C(O)C(COC1OC(CO)C(O)C(O)C1OC(=O)CCCCCCCCCCCCCCCCCCCCC)NC(=O)C(O)CCCCCCCCCCCCCCCCCC. The average molecular weight is 1090 g/mol. The Labute approximate surface area is 474 Å². The molecule has 1 rings (SSSR count). The number of rotatable bonds is 58. The van der Waals surface area contributed by atoms with Crippen LogP contribution in [-0.2, 0) is 23.8 Å². The van der Waals surface area contributed by atoms with Crippen LogP contribution in [0.5, 0.6) is 0 Å². The Morgan fingerprint density at radius 2 is 0.844 bits per heavy atom. The van der Waals surface area contributed by atoms with Crippen LogP contribution in [0.1, 0.15) is 335 Å². The molecular formula is C66H127NO10. The topological polar surface area (TPSA) is 175 Å². The Morgan fingerprint density at radius 1 is 0.494 bits per heavy atom. The summed E-state index contributed by atoms with van der Waals surface area (Å²) in [7, 11) is 0. The van der Waals surface area contributed by atoms with Crippen LogP contribution >= 0.6 is 0 Å². The molecule has 0 saturated carbocycles. The van der Waals surface area contributed by atoms with E-state index in [-0.39, 0.29) is 13.0 Å². The van der Waals surface area contributed by atoms with E-state index in [2.05, 4.69) is 26.1 Å². The zero-order chi connectivity index (χ0) is 56.1. The first-order valence-electron chi connectivity index (χ1n) is 33.5. The van der Waals surface area contributed by atoms with E-state index in [0.717, 1.165) is 57.8 Å². The number of hydrogen-bond acceptors (Lipinski definition) is 10. The summed E-state index contributed by atoms with van der Waals surface area (Å²) in [4.78, 5) is 26.6. The number of esters is 1. The molecule has 8 atom stereocenters. The normalized spacial score (nSPS) is 19.0. The van der Waals surface area contributed by atoms with E-state index < -0.39 is 67.4 Å². The first-order chi connectivity index (χ1) is 37.7. The Hall–Kier alpha value is -1.60. The Kier molecular flexibility index (Phi) is 52.4. The summed E-state index contributed by atoms with van der Waals surface area (Å²) in [6.07, 6.45) is 52.5. The Morgan fingerprint density at radius 3 is 1.22 bits per heavy atom. The number of amides is 1. The molecule has 1 heterocycles. The van der Waals surface area contributed by atoms with Crippen molar-refractivity contribution in [2.75, 3.05) is 13.2 Å². The van der Waals surface area contributed by atoms with Crippen molar-refractivity contribution in [3.8, 4) is 0 Å². The quantitative estimate of drug-likeness (QED) is 0.0195. The maximum Gasteiger partial charge on any atom is 0.306 e. The van der Waals surface area contributed by atoms with Crippen molar-refractivity contribution in [1.82, 2.24) is 5.32 Å². The fourth-order valence-corrected chi connectivity index (χ4v) is 10.9. The van der Waals surface area contributed by atoms with E-state index in [1.165, 1.54) is 231 Å². The van der Waals surface area contributed by atoms with Crippen LogP contribution in [0.4, 0.5) is 0 Å². The van der Waals surface area contributed by atoms with Crippen molar-refractivity contribution in [3.63, 3.8) is 0 Å². The number of carbonyl (C=O) groups is 2. The van der Waals surface area contributed by atoms with Gasteiger partial charge in [-0.1, -0.05) is 315 Å². The van der Waals surface area contributed by atoms with E-state index >= 15 is 0 Å². The molecule has 1 amide bonds. The summed E-state index contributed by atoms with van der Waals surface area (Å²) in [5, 5.41) is 57.1. The molecule has 1 aliphatic rings. The van der Waals surface area contributed by atoms with Crippen molar-refractivity contribution in [2.24, 2.45) is 0 Å². The van der Waals surface area contributed by atoms with Crippen molar-refractivity contribution >= 4 is 11.9 Å². The number of aliphatic hydroxyl groups excluding tert-OH is 5. The summed E-state index contributed by atoms with van der Waals surface area (Å²) in [5.74, 6) is -1.17. The minimum absolute atomic E-state index is 0.132. The maximum absolute atomic E-state index is 13.4. The molecule has 11 heteroatoms. The molecule has 1 fully saturated rings. The van der Waals surface area contributed by atoms with Crippen LogP contribution in [0.2, 0.25) is 0 Å². The summed E-state index contributed by atoms with van der Waals surface area (Å²) in [5.41, 5.74) is 0. The maximum atomic E-state index is 13.4. The van der Waals surface area contributed by atoms with Gasteiger partial charge in [0.25, 0.3) is 0 Å². The highest BCUT2D eigenvalue weighted by Gasteiger charge is 2.47. The fourth-order valence-electron chi connectivity index (χ4n) is 10.9. The zero-order valence-corrected chi connectivity index (χ0v) is 50.6. The van der Waals surface area contributed by atoms with Gasteiger partial charge in [0, 0.05) is 6.42 Å². The average Bonchev–Trinajstić information content (AvgIpc) is 3.43. The van der Waals surface area contributed by atoms with Crippen LogP contribution in [0.3, 0.4) is 0 Å². The summed E-state index contributed by atoms with van der Waals surface area (Å²) in [6.45, 7) is 5.85. The van der Waals surface area contributed by atoms with Crippen LogP contribution in [-0.4, -0.2) is 99.6 Å². The molecule has 1 aliphatic heterocycles. The lowest BCUT2D eigenvalue weighted by Crippen LogP contribution is -2.61. The van der Waals surface area contributed by atoms with Crippen molar-refractivity contribution in [3.05, 3.63) is 12.2 Å². The molecule has 0 aromatic heterocycles. The number of unbranched alkanes of at least 4 members (excludes halogenated alkanes) is 44. The number of hydrogen-bond donors (Lipinski definition) is 6. The number of ether oxygens (including phenoxy) is 3. The highest BCUT2D eigenvalue weighted by molar-refractivity contribution is 5.80. The third kappa shape index (κ3) is 42.9. The molecule has 0 aromatic carbocycles. The predicted molar refractivity (Wildman–Crippen MR) is 320 cm³/mol. The predicted octanol–water partition coefficient (Wildman–Crippen LogP) is 16.3. The third-order valence-corrected chi connectivity index (χ3v) is 16.2. The fraction of sp³-hybridized carbons (Fsp3) is 0.939. The van der Waals surface area contributed by atoms with Crippen molar-refractivity contribution in [2.45, 2.75) is 384 Å². The minimum atomic E-state index is -1.61. The second-order valence-electron chi connectivity index (χ2n) is 23.6. The monoisotopic (exact) mass is 1090 g/mol. The summed E-state index contributed by atoms with van der Waals surface area (Å²) in [6, 6.07) is -1.02. The summed E-state index contributed by atoms with van der Waals surface area (Å²) >= 11 is 0. The van der Waals surface area contributed by atoms with Gasteiger partial charge in [-0.05, 0) is 25.7 Å².